The first-order valence-electron chi connectivity index (χ1n) is 24.9. The summed E-state index contributed by atoms with van der Waals surface area (Å²) in [7, 11) is -17.4. The minimum Gasteiger partial charge on any atom is -0.748 e. The van der Waals surface area contributed by atoms with E-state index in [1.165, 1.54) is 43.3 Å². The third-order valence-corrected chi connectivity index (χ3v) is 16.1. The molecular weight excluding hydrogens is 1070 g/mol. The number of hydrogen-bond acceptors (Lipinski definition) is 20. The van der Waals surface area contributed by atoms with Crippen LogP contribution in [0, 0.1) is 0 Å². The average molecular weight is 1140 g/mol. The molecule has 0 amide bonds. The Balaban J connectivity index is 1.57. The molecule has 2 unspecified atom stereocenters. The van der Waals surface area contributed by atoms with Gasteiger partial charge in [-0.05, 0) is 101 Å². The van der Waals surface area contributed by atoms with E-state index in [0.717, 1.165) is 0 Å². The topological polar surface area (TPSA) is 308 Å². The van der Waals surface area contributed by atoms with E-state index in [-0.39, 0.29) is 57.8 Å². The summed E-state index contributed by atoms with van der Waals surface area (Å²) in [5.41, 5.74) is 1.17. The van der Waals surface area contributed by atoms with E-state index in [9.17, 15) is 56.7 Å². The van der Waals surface area contributed by atoms with Crippen LogP contribution in [0.2, 0.25) is 0 Å². The lowest BCUT2D eigenvalue weighted by Crippen LogP contribution is -2.32. The van der Waals surface area contributed by atoms with E-state index in [1.807, 2.05) is 9.48 Å². The highest BCUT2D eigenvalue weighted by Gasteiger charge is 2.48. The smallest absolute Gasteiger partial charge is 0.209 e. The molecule has 0 saturated carbocycles. The Bertz CT molecular complexity index is 2860. The molecule has 0 N–H and O–H groups in total. The number of carbonyl (C=O) groups is 1. The summed E-state index contributed by atoms with van der Waals surface area (Å²) in [6, 6.07) is 8.02. The lowest BCUT2D eigenvalue weighted by molar-refractivity contribution is -0.438. The highest BCUT2D eigenvalue weighted by Crippen LogP contribution is 2.51. The van der Waals surface area contributed by atoms with Gasteiger partial charge < -0.3 is 56.3 Å². The van der Waals surface area contributed by atoms with Crippen LogP contribution in [0.4, 0.5) is 11.4 Å². The Hall–Kier alpha value is -4.06. The molecule has 0 aromatic heterocycles. The zero-order valence-corrected chi connectivity index (χ0v) is 46.8. The lowest BCUT2D eigenvalue weighted by atomic mass is 9.76. The summed E-state index contributed by atoms with van der Waals surface area (Å²) in [6.45, 7) is 9.76. The molecule has 4 rings (SSSR count). The number of hydrogen-bond donors (Lipinski definition) is 0. The predicted molar refractivity (Wildman–Crippen MR) is 279 cm³/mol. The number of carbonyl (C=O) groups excluding carboxylic acids is 1. The number of ketones is 1. The van der Waals surface area contributed by atoms with E-state index in [2.05, 4.69) is 0 Å². The molecule has 2 atom stereocenters. The predicted octanol–water partition coefficient (Wildman–Crippen LogP) is 4.71. The average Bonchev–Trinajstić information content (AvgIpc) is 3.69. The summed E-state index contributed by atoms with van der Waals surface area (Å²) in [5.74, 6) is -1.29. The van der Waals surface area contributed by atoms with Gasteiger partial charge in [-0.25, -0.2) is 33.7 Å². The first-order valence-corrected chi connectivity index (χ1v) is 30.9. The summed E-state index contributed by atoms with van der Waals surface area (Å²) in [5, 5.41) is 0. The van der Waals surface area contributed by atoms with Crippen molar-refractivity contribution >= 4 is 63.3 Å². The maximum atomic E-state index is 12.3. The van der Waals surface area contributed by atoms with Crippen LogP contribution >= 0.6 is 0 Å². The monoisotopic (exact) mass is 1140 g/mol. The summed E-state index contributed by atoms with van der Waals surface area (Å²) >= 11 is 0. The molecule has 2 heterocycles. The number of unbranched alkanes of at least 4 members (excludes halogenated alkanes) is 2. The summed E-state index contributed by atoms with van der Waals surface area (Å²) in [4.78, 5) is 12.5. The first-order chi connectivity index (χ1) is 35.8. The molecule has 426 valence electrons. The van der Waals surface area contributed by atoms with Gasteiger partial charge in [-0.1, -0.05) is 30.4 Å². The van der Waals surface area contributed by atoms with Crippen LogP contribution in [0.1, 0.15) is 83.3 Å². The molecular formula is C51H71N2O19S4-3. The van der Waals surface area contributed by atoms with Crippen LogP contribution in [-0.2, 0) is 84.5 Å². The Morgan fingerprint density at radius 1 is 0.592 bits per heavy atom. The quantitative estimate of drug-likeness (QED) is 0.0380. The fourth-order valence-corrected chi connectivity index (χ4v) is 11.2. The number of fused-ring (bicyclic) bond motifs is 2. The Labute approximate surface area is 448 Å². The molecule has 0 aliphatic carbocycles. The number of benzene rings is 2. The van der Waals surface area contributed by atoms with Crippen molar-refractivity contribution in [1.29, 1.82) is 0 Å². The number of nitrogens with zero attached hydrogens (tertiary/aromatic N) is 2. The van der Waals surface area contributed by atoms with Gasteiger partial charge in [-0.3, -0.25) is 0 Å². The zero-order valence-electron chi connectivity index (χ0n) is 43.6. The van der Waals surface area contributed by atoms with Crippen LogP contribution in [0.25, 0.3) is 0 Å². The number of allylic oxidation sites excluding steroid dienone is 8. The number of rotatable bonds is 38. The van der Waals surface area contributed by atoms with E-state index in [1.54, 1.807) is 63.5 Å². The third kappa shape index (κ3) is 20.6. The highest BCUT2D eigenvalue weighted by atomic mass is 32.2. The molecule has 25 heteroatoms. The maximum absolute atomic E-state index is 12.3. The third-order valence-electron chi connectivity index (χ3n) is 12.9. The van der Waals surface area contributed by atoms with Crippen molar-refractivity contribution in [2.24, 2.45) is 0 Å². The van der Waals surface area contributed by atoms with Gasteiger partial charge >= 0.3 is 0 Å². The molecule has 2 aromatic carbocycles. The fourth-order valence-electron chi connectivity index (χ4n) is 9.17. The second-order valence-corrected chi connectivity index (χ2v) is 24.4. The second-order valence-electron chi connectivity index (χ2n) is 18.6. The Morgan fingerprint density at radius 3 is 1.61 bits per heavy atom. The van der Waals surface area contributed by atoms with E-state index < -0.39 is 72.6 Å². The number of anilines is 1. The minimum absolute atomic E-state index is 0.0581. The van der Waals surface area contributed by atoms with Crippen molar-refractivity contribution in [3.05, 3.63) is 95.8 Å². The molecule has 0 bridgehead atoms. The molecule has 0 saturated heterocycles. The molecule has 2 aliphatic rings. The molecule has 2 aromatic rings. The van der Waals surface area contributed by atoms with Gasteiger partial charge in [0.05, 0.1) is 108 Å². The Morgan fingerprint density at radius 2 is 1.08 bits per heavy atom. The van der Waals surface area contributed by atoms with Crippen molar-refractivity contribution in [2.45, 2.75) is 92.8 Å². The molecule has 76 heavy (non-hydrogen) atoms. The molecule has 0 radical (unpaired) electrons. The summed E-state index contributed by atoms with van der Waals surface area (Å²) in [6.07, 6.45) is 14.5. The molecule has 0 fully saturated rings. The Kier molecular flexibility index (Phi) is 25.7. The van der Waals surface area contributed by atoms with Crippen LogP contribution in [0.15, 0.2) is 94.4 Å². The minimum atomic E-state index is -4.90. The van der Waals surface area contributed by atoms with Crippen molar-refractivity contribution in [3.63, 3.8) is 0 Å². The zero-order chi connectivity index (χ0) is 56.0. The molecule has 2 aliphatic heterocycles. The largest absolute Gasteiger partial charge is 0.748 e. The van der Waals surface area contributed by atoms with Gasteiger partial charge in [0.1, 0.15) is 32.6 Å². The van der Waals surface area contributed by atoms with Crippen molar-refractivity contribution < 1.29 is 89.7 Å². The summed E-state index contributed by atoms with van der Waals surface area (Å²) < 4.78 is 178. The molecule has 21 nitrogen and oxygen atoms in total. The normalized spacial score (nSPS) is 18.8. The van der Waals surface area contributed by atoms with Crippen LogP contribution < -0.4 is 4.90 Å². The second kappa shape index (κ2) is 30.3. The van der Waals surface area contributed by atoms with E-state index >= 15 is 0 Å². The van der Waals surface area contributed by atoms with Crippen LogP contribution in [0.5, 0.6) is 0 Å². The van der Waals surface area contributed by atoms with Crippen LogP contribution in [-0.4, -0.2) is 172 Å². The molecule has 0 spiro atoms. The number of methoxy groups -OCH3 is 1. The van der Waals surface area contributed by atoms with E-state index in [4.69, 9.17) is 28.4 Å². The van der Waals surface area contributed by atoms with Gasteiger partial charge in [0.25, 0.3) is 0 Å². The fraction of sp³-hybridized carbons (Fsp3) is 0.569. The number of ether oxygens (including phenoxy) is 6. The van der Waals surface area contributed by atoms with Crippen molar-refractivity contribution in [1.82, 2.24) is 0 Å². The van der Waals surface area contributed by atoms with Gasteiger partial charge in [0, 0.05) is 72.5 Å². The van der Waals surface area contributed by atoms with Gasteiger partial charge in [-0.15, -0.1) is 0 Å². The highest BCUT2D eigenvalue weighted by molar-refractivity contribution is 7.86. The van der Waals surface area contributed by atoms with Gasteiger partial charge in [-0.2, -0.15) is 4.58 Å². The van der Waals surface area contributed by atoms with Gasteiger partial charge in [0.2, 0.25) is 5.69 Å². The SMILES string of the molecule is COCCOCCOCCOCCOCCOCCN1/C(=C/C=C/C=C/C=C/C2=[N+](CCCCCC(C)=O)c3ccc(S(=O)(=O)[O-])cc3C2(C)CCCS(=O)(=O)[O-])C(C)(CCCS(=O)(=O)[O-])c2cc(S(=O)(=O)[O-])ccc21. The maximum Gasteiger partial charge on any atom is 0.209 e. The van der Waals surface area contributed by atoms with Crippen molar-refractivity contribution in [3.8, 4) is 0 Å². The van der Waals surface area contributed by atoms with Crippen molar-refractivity contribution in [2.75, 3.05) is 109 Å². The lowest BCUT2D eigenvalue weighted by Gasteiger charge is -2.30. The van der Waals surface area contributed by atoms with Crippen LogP contribution in [0.3, 0.4) is 0 Å². The number of Topliss-reactive ketones (excluding diaryl/α,β-unsaturated/α-hetero) is 1. The van der Waals surface area contributed by atoms with Gasteiger partial charge in [0.15, 0.2) is 5.71 Å². The first kappa shape index (κ1) is 64.5. The van der Waals surface area contributed by atoms with E-state index in [0.29, 0.717) is 119 Å². The standard InChI is InChI=1S/C51H74N2O19S4/c1-41(54)15-9-8-12-24-52-46-20-18-42(75(61,62)63)39-44(46)50(2,22-13-37-73(55,56)57)48(52)16-10-6-5-7-11-17-49-51(3,23-14-38-74(58,59)60)45-40-43(76(64,65)66)19-21-47(45)53(49)25-26-68-29-30-70-33-34-72-36-35-71-32-31-69-28-27-67-4/h5-7,10-11,16-21,39-40H,8-9,12-15,22-38H2,1-4H3,(H3-,55,56,57,58,59,60,61,62,63,64,65,66)/p-3.